The summed E-state index contributed by atoms with van der Waals surface area (Å²) in [5.74, 6) is 0.0545. The van der Waals surface area contributed by atoms with Crippen LogP contribution in [0.4, 0.5) is 0 Å². The monoisotopic (exact) mass is 405 g/mol. The zero-order valence-corrected chi connectivity index (χ0v) is 17.9. The fourth-order valence-electron chi connectivity index (χ4n) is 3.88. The molecule has 0 aliphatic carbocycles. The first-order valence-corrected chi connectivity index (χ1v) is 11.1. The molecule has 1 aromatic heterocycles. The van der Waals surface area contributed by atoms with Crippen molar-refractivity contribution < 1.29 is 4.79 Å². The second-order valence-corrected chi connectivity index (χ2v) is 8.62. The van der Waals surface area contributed by atoms with Gasteiger partial charge in [0.2, 0.25) is 0 Å². The lowest BCUT2D eigenvalue weighted by molar-refractivity contribution is 0.0756. The third kappa shape index (κ3) is 4.74. The molecule has 4 rings (SSSR count). The Hall–Kier alpha value is -2.50. The zero-order valence-electron chi connectivity index (χ0n) is 17.1. The molecule has 1 saturated heterocycles. The van der Waals surface area contributed by atoms with Crippen molar-refractivity contribution in [2.75, 3.05) is 26.2 Å². The van der Waals surface area contributed by atoms with E-state index in [2.05, 4.69) is 66.2 Å². The molecule has 0 bridgehead atoms. The van der Waals surface area contributed by atoms with E-state index < -0.39 is 0 Å². The van der Waals surface area contributed by atoms with Gasteiger partial charge in [-0.05, 0) is 31.4 Å². The van der Waals surface area contributed by atoms with E-state index in [0.29, 0.717) is 5.69 Å². The van der Waals surface area contributed by atoms with Crippen LogP contribution in [0.2, 0.25) is 0 Å². The maximum atomic E-state index is 13.1. The van der Waals surface area contributed by atoms with Crippen LogP contribution >= 0.6 is 11.3 Å². The van der Waals surface area contributed by atoms with Crippen molar-refractivity contribution in [3.63, 3.8) is 0 Å². The van der Waals surface area contributed by atoms with E-state index in [4.69, 9.17) is 0 Å². The van der Waals surface area contributed by atoms with E-state index in [1.165, 1.54) is 16.7 Å². The van der Waals surface area contributed by atoms with E-state index in [-0.39, 0.29) is 5.91 Å². The van der Waals surface area contributed by atoms with Gasteiger partial charge in [-0.2, -0.15) is 0 Å². The summed E-state index contributed by atoms with van der Waals surface area (Å²) < 4.78 is 0. The third-order valence-electron chi connectivity index (χ3n) is 5.46. The zero-order chi connectivity index (χ0) is 20.2. The van der Waals surface area contributed by atoms with E-state index >= 15 is 0 Å². The molecule has 3 aromatic rings. The lowest BCUT2D eigenvalue weighted by atomic mass is 10.1. The van der Waals surface area contributed by atoms with Crippen LogP contribution in [0.5, 0.6) is 0 Å². The van der Waals surface area contributed by atoms with Gasteiger partial charge in [-0.15, -0.1) is 11.3 Å². The van der Waals surface area contributed by atoms with Crippen molar-refractivity contribution in [2.24, 2.45) is 0 Å². The van der Waals surface area contributed by atoms with Crippen LogP contribution < -0.4 is 0 Å². The van der Waals surface area contributed by atoms with Crippen molar-refractivity contribution in [3.05, 3.63) is 76.3 Å². The van der Waals surface area contributed by atoms with Gasteiger partial charge in [-0.3, -0.25) is 9.69 Å². The minimum Gasteiger partial charge on any atom is -0.336 e. The van der Waals surface area contributed by atoms with Crippen LogP contribution in [0.3, 0.4) is 0 Å². The van der Waals surface area contributed by atoms with E-state index in [1.807, 2.05) is 16.3 Å². The summed E-state index contributed by atoms with van der Waals surface area (Å²) in [5.41, 5.74) is 5.45. The third-order valence-corrected chi connectivity index (χ3v) is 6.34. The van der Waals surface area contributed by atoms with Gasteiger partial charge in [0.15, 0.2) is 0 Å². The lowest BCUT2D eigenvalue weighted by Crippen LogP contribution is -2.35. The summed E-state index contributed by atoms with van der Waals surface area (Å²) in [6, 6.07) is 16.9. The Morgan fingerprint density at radius 2 is 1.86 bits per heavy atom. The van der Waals surface area contributed by atoms with Crippen LogP contribution in [0, 0.1) is 13.8 Å². The minimum atomic E-state index is 0.0545. The predicted molar refractivity (Wildman–Crippen MR) is 119 cm³/mol. The molecule has 0 saturated carbocycles. The SMILES string of the molecule is Cc1ccc(-c2nc(C(=O)N3CCCN(Cc4ccccc4)CC3)cs2)c(C)c1. The van der Waals surface area contributed by atoms with Gasteiger partial charge < -0.3 is 4.90 Å². The molecule has 1 aliphatic rings. The normalized spacial score (nSPS) is 15.3. The number of carbonyl (C=O) groups is 1. The van der Waals surface area contributed by atoms with E-state index in [1.54, 1.807) is 11.3 Å². The first kappa shape index (κ1) is 19.8. The Balaban J connectivity index is 1.41. The molecule has 0 N–H and O–H groups in total. The van der Waals surface area contributed by atoms with Crippen LogP contribution in [-0.4, -0.2) is 46.9 Å². The molecule has 1 fully saturated rings. The molecule has 0 radical (unpaired) electrons. The Labute approximate surface area is 176 Å². The van der Waals surface area contributed by atoms with Crippen molar-refractivity contribution in [1.82, 2.24) is 14.8 Å². The van der Waals surface area contributed by atoms with Crippen LogP contribution in [0.1, 0.15) is 33.6 Å². The molecule has 0 spiro atoms. The Morgan fingerprint density at radius 1 is 1.03 bits per heavy atom. The number of amides is 1. The highest BCUT2D eigenvalue weighted by Gasteiger charge is 2.22. The van der Waals surface area contributed by atoms with Crippen molar-refractivity contribution in [2.45, 2.75) is 26.8 Å². The average molecular weight is 406 g/mol. The molecule has 4 nitrogen and oxygen atoms in total. The Kier molecular flexibility index (Phi) is 6.07. The summed E-state index contributed by atoms with van der Waals surface area (Å²) in [6.07, 6.45) is 0.993. The largest absolute Gasteiger partial charge is 0.336 e. The topological polar surface area (TPSA) is 36.4 Å². The standard InChI is InChI=1S/C24H27N3OS/c1-18-9-10-21(19(2)15-18)23-25-22(17-29-23)24(28)27-12-6-11-26(13-14-27)16-20-7-4-3-5-8-20/h3-5,7-10,15,17H,6,11-14,16H2,1-2H3. The van der Waals surface area contributed by atoms with Crippen molar-refractivity contribution >= 4 is 17.2 Å². The molecule has 5 heteroatoms. The van der Waals surface area contributed by atoms with Crippen molar-refractivity contribution in [3.8, 4) is 10.6 Å². The average Bonchev–Trinajstić information content (AvgIpc) is 3.08. The van der Waals surface area contributed by atoms with Gasteiger partial charge in [0, 0.05) is 43.7 Å². The second-order valence-electron chi connectivity index (χ2n) is 7.76. The molecule has 29 heavy (non-hydrogen) atoms. The predicted octanol–water partition coefficient (Wildman–Crippen LogP) is 4.78. The fraction of sp³-hybridized carbons (Fsp3) is 0.333. The smallest absolute Gasteiger partial charge is 0.273 e. The van der Waals surface area contributed by atoms with Gasteiger partial charge in [0.1, 0.15) is 10.7 Å². The van der Waals surface area contributed by atoms with Crippen molar-refractivity contribution in [1.29, 1.82) is 0 Å². The van der Waals surface area contributed by atoms with Gasteiger partial charge in [0.25, 0.3) is 5.91 Å². The highest BCUT2D eigenvalue weighted by atomic mass is 32.1. The highest BCUT2D eigenvalue weighted by Crippen LogP contribution is 2.28. The number of hydrogen-bond donors (Lipinski definition) is 0. The number of hydrogen-bond acceptors (Lipinski definition) is 4. The fourth-order valence-corrected chi connectivity index (χ4v) is 4.77. The first-order valence-electron chi connectivity index (χ1n) is 10.2. The maximum Gasteiger partial charge on any atom is 0.273 e. The minimum absolute atomic E-state index is 0.0545. The van der Waals surface area contributed by atoms with Gasteiger partial charge in [-0.25, -0.2) is 4.98 Å². The van der Waals surface area contributed by atoms with E-state index in [9.17, 15) is 4.79 Å². The highest BCUT2D eigenvalue weighted by molar-refractivity contribution is 7.13. The molecule has 0 unspecified atom stereocenters. The number of aryl methyl sites for hydroxylation is 2. The molecule has 150 valence electrons. The van der Waals surface area contributed by atoms with Gasteiger partial charge >= 0.3 is 0 Å². The number of nitrogens with zero attached hydrogens (tertiary/aromatic N) is 3. The molecule has 2 heterocycles. The number of carbonyl (C=O) groups excluding carboxylic acids is 1. The van der Waals surface area contributed by atoms with Gasteiger partial charge in [-0.1, -0.05) is 54.1 Å². The molecule has 0 atom stereocenters. The summed E-state index contributed by atoms with van der Waals surface area (Å²) in [5, 5.41) is 2.83. The Morgan fingerprint density at radius 3 is 2.66 bits per heavy atom. The summed E-state index contributed by atoms with van der Waals surface area (Å²) >= 11 is 1.55. The molecule has 1 aliphatic heterocycles. The summed E-state index contributed by atoms with van der Waals surface area (Å²) in [6.45, 7) is 8.59. The number of benzene rings is 2. The van der Waals surface area contributed by atoms with Gasteiger partial charge in [0.05, 0.1) is 0 Å². The molecule has 2 aromatic carbocycles. The summed E-state index contributed by atoms with van der Waals surface area (Å²) in [4.78, 5) is 22.1. The maximum absolute atomic E-state index is 13.1. The molecular formula is C24H27N3OS. The quantitative estimate of drug-likeness (QED) is 0.627. The van der Waals surface area contributed by atoms with Crippen LogP contribution in [0.25, 0.3) is 10.6 Å². The number of thiazole rings is 1. The van der Waals surface area contributed by atoms with Crippen LogP contribution in [0.15, 0.2) is 53.9 Å². The summed E-state index contributed by atoms with van der Waals surface area (Å²) in [7, 11) is 0. The second kappa shape index (κ2) is 8.89. The number of aromatic nitrogens is 1. The molecule has 1 amide bonds. The lowest BCUT2D eigenvalue weighted by Gasteiger charge is -2.21. The molecular weight excluding hydrogens is 378 g/mol. The van der Waals surface area contributed by atoms with E-state index in [0.717, 1.165) is 49.7 Å². The van der Waals surface area contributed by atoms with Crippen LogP contribution in [-0.2, 0) is 6.54 Å². The Bertz CT molecular complexity index is 983. The first-order chi connectivity index (χ1) is 14.1. The number of rotatable bonds is 4.